The summed E-state index contributed by atoms with van der Waals surface area (Å²) in [6.07, 6.45) is 1.01. The van der Waals surface area contributed by atoms with E-state index in [1.807, 2.05) is 30.3 Å². The number of rotatable bonds is 4. The molecule has 1 heterocycles. The second kappa shape index (κ2) is 7.66. The normalized spacial score (nSPS) is 10.7. The van der Waals surface area contributed by atoms with Gasteiger partial charge in [0.15, 0.2) is 16.6 Å². The Bertz CT molecular complexity index is 922. The van der Waals surface area contributed by atoms with E-state index in [4.69, 9.17) is 16.6 Å². The van der Waals surface area contributed by atoms with Gasteiger partial charge in [-0.2, -0.15) is 0 Å². The van der Waals surface area contributed by atoms with Gasteiger partial charge in [0.2, 0.25) is 5.91 Å². The first-order valence-electron chi connectivity index (χ1n) is 8.51. The number of aromatic nitrogens is 1. The van der Waals surface area contributed by atoms with Crippen molar-refractivity contribution in [1.82, 2.24) is 10.3 Å². The van der Waals surface area contributed by atoms with Gasteiger partial charge in [-0.3, -0.25) is 4.79 Å². The van der Waals surface area contributed by atoms with Crippen LogP contribution < -0.4 is 10.6 Å². The smallest absolute Gasteiger partial charge is 0.225 e. The van der Waals surface area contributed by atoms with Gasteiger partial charge in [-0.05, 0) is 67.0 Å². The maximum absolute atomic E-state index is 11.3. The van der Waals surface area contributed by atoms with Crippen LogP contribution in [0.15, 0.2) is 40.8 Å². The highest BCUT2D eigenvalue weighted by Gasteiger charge is 2.09. The zero-order chi connectivity index (χ0) is 18.7. The molecule has 0 fully saturated rings. The molecule has 0 spiro atoms. The Kier molecular flexibility index (Phi) is 5.32. The number of thiocarbonyl (C=S) groups is 1. The molecule has 0 radical (unpaired) electrons. The lowest BCUT2D eigenvalue weighted by Crippen LogP contribution is -2.33. The first-order chi connectivity index (χ1) is 12.4. The average Bonchev–Trinajstić information content (AvgIpc) is 2.97. The van der Waals surface area contributed by atoms with E-state index in [0.29, 0.717) is 23.8 Å². The molecule has 6 heteroatoms. The van der Waals surface area contributed by atoms with Gasteiger partial charge < -0.3 is 15.1 Å². The topological polar surface area (TPSA) is 67.2 Å². The second-order valence-electron chi connectivity index (χ2n) is 6.24. The third-order valence-electron chi connectivity index (χ3n) is 4.19. The summed E-state index contributed by atoms with van der Waals surface area (Å²) < 4.78 is 5.86. The van der Waals surface area contributed by atoms with E-state index >= 15 is 0 Å². The molecule has 0 unspecified atom stereocenters. The summed E-state index contributed by atoms with van der Waals surface area (Å²) in [5.74, 6) is 0.581. The highest BCUT2D eigenvalue weighted by atomic mass is 32.1. The molecule has 134 valence electrons. The van der Waals surface area contributed by atoms with Crippen molar-refractivity contribution in [3.05, 3.63) is 59.0 Å². The summed E-state index contributed by atoms with van der Waals surface area (Å²) in [6.45, 7) is 5.92. The Morgan fingerprint density at radius 1 is 1.15 bits per heavy atom. The number of hydrogen-bond donors (Lipinski definition) is 2. The number of aryl methyl sites for hydroxylation is 2. The van der Waals surface area contributed by atoms with Crippen LogP contribution in [-0.4, -0.2) is 16.0 Å². The van der Waals surface area contributed by atoms with Crippen molar-refractivity contribution < 1.29 is 9.21 Å². The van der Waals surface area contributed by atoms with Crippen molar-refractivity contribution >= 4 is 40.0 Å². The van der Waals surface area contributed by atoms with E-state index in [9.17, 15) is 4.79 Å². The minimum absolute atomic E-state index is 0.111. The summed E-state index contributed by atoms with van der Waals surface area (Å²) >= 11 is 5.11. The first-order valence-corrected chi connectivity index (χ1v) is 8.92. The number of oxazole rings is 1. The van der Waals surface area contributed by atoms with Crippen LogP contribution >= 0.6 is 12.2 Å². The molecular formula is C20H21N3O2S. The van der Waals surface area contributed by atoms with Gasteiger partial charge in [-0.15, -0.1) is 0 Å². The summed E-state index contributed by atoms with van der Waals surface area (Å²) in [5, 5.41) is 5.91. The Morgan fingerprint density at radius 2 is 1.85 bits per heavy atom. The summed E-state index contributed by atoms with van der Waals surface area (Å²) in [7, 11) is 0. The van der Waals surface area contributed by atoms with E-state index in [0.717, 1.165) is 22.4 Å². The number of amides is 1. The monoisotopic (exact) mass is 367 g/mol. The fourth-order valence-electron chi connectivity index (χ4n) is 2.56. The SMILES string of the molecule is CCC(=O)NC(=S)Nc1ccc(Cc2nc3cc(C)c(C)cc3o2)cc1. The number of anilines is 1. The maximum atomic E-state index is 11.3. The van der Waals surface area contributed by atoms with Crippen LogP contribution in [0.25, 0.3) is 11.1 Å². The van der Waals surface area contributed by atoms with Gasteiger partial charge in [0.05, 0.1) is 0 Å². The number of nitrogens with zero attached hydrogens (tertiary/aromatic N) is 1. The van der Waals surface area contributed by atoms with Crippen molar-refractivity contribution in [2.24, 2.45) is 0 Å². The Hall–Kier alpha value is -2.73. The number of carbonyl (C=O) groups excluding carboxylic acids is 1. The third-order valence-corrected chi connectivity index (χ3v) is 4.39. The van der Waals surface area contributed by atoms with E-state index in [1.54, 1.807) is 6.92 Å². The van der Waals surface area contributed by atoms with E-state index in [2.05, 4.69) is 35.5 Å². The summed E-state index contributed by atoms with van der Waals surface area (Å²) in [4.78, 5) is 15.9. The van der Waals surface area contributed by atoms with Crippen LogP contribution in [-0.2, 0) is 11.2 Å². The zero-order valence-electron chi connectivity index (χ0n) is 15.1. The number of carbonyl (C=O) groups is 1. The Morgan fingerprint density at radius 3 is 2.54 bits per heavy atom. The molecule has 0 aliphatic heterocycles. The predicted molar refractivity (Wildman–Crippen MR) is 107 cm³/mol. The second-order valence-corrected chi connectivity index (χ2v) is 6.65. The van der Waals surface area contributed by atoms with Crippen molar-refractivity contribution in [2.75, 3.05) is 5.32 Å². The molecule has 0 bridgehead atoms. The van der Waals surface area contributed by atoms with E-state index in [1.165, 1.54) is 11.1 Å². The van der Waals surface area contributed by atoms with Crippen molar-refractivity contribution in [3.63, 3.8) is 0 Å². The molecule has 1 aromatic heterocycles. The molecule has 0 aliphatic rings. The molecule has 2 aromatic carbocycles. The van der Waals surface area contributed by atoms with Crippen molar-refractivity contribution in [2.45, 2.75) is 33.6 Å². The molecule has 0 atom stereocenters. The zero-order valence-corrected chi connectivity index (χ0v) is 15.9. The fraction of sp³-hybridized carbons (Fsp3) is 0.250. The maximum Gasteiger partial charge on any atom is 0.225 e. The van der Waals surface area contributed by atoms with Gasteiger partial charge in [0, 0.05) is 18.5 Å². The lowest BCUT2D eigenvalue weighted by Gasteiger charge is -2.09. The number of fused-ring (bicyclic) bond motifs is 1. The van der Waals surface area contributed by atoms with E-state index in [-0.39, 0.29) is 5.91 Å². The van der Waals surface area contributed by atoms with Crippen LogP contribution in [0.5, 0.6) is 0 Å². The van der Waals surface area contributed by atoms with Gasteiger partial charge in [-0.25, -0.2) is 4.98 Å². The largest absolute Gasteiger partial charge is 0.440 e. The third kappa shape index (κ3) is 4.26. The van der Waals surface area contributed by atoms with Crippen LogP contribution in [0.4, 0.5) is 5.69 Å². The van der Waals surface area contributed by atoms with Crippen LogP contribution in [0, 0.1) is 13.8 Å². The fourth-order valence-corrected chi connectivity index (χ4v) is 2.79. The highest BCUT2D eigenvalue weighted by molar-refractivity contribution is 7.80. The molecular weight excluding hydrogens is 346 g/mol. The highest BCUT2D eigenvalue weighted by Crippen LogP contribution is 2.22. The van der Waals surface area contributed by atoms with Crippen LogP contribution in [0.1, 0.15) is 35.9 Å². The Labute approximate surface area is 157 Å². The molecule has 1 amide bonds. The van der Waals surface area contributed by atoms with E-state index < -0.39 is 0 Å². The van der Waals surface area contributed by atoms with Gasteiger partial charge in [0.25, 0.3) is 0 Å². The minimum Gasteiger partial charge on any atom is -0.440 e. The Balaban J connectivity index is 1.67. The molecule has 3 rings (SSSR count). The quantitative estimate of drug-likeness (QED) is 0.675. The minimum atomic E-state index is -0.111. The molecule has 2 N–H and O–H groups in total. The molecule has 26 heavy (non-hydrogen) atoms. The standard InChI is InChI=1S/C20H21N3O2S/c1-4-18(24)23-20(26)21-15-7-5-14(6-8-15)11-19-22-16-9-12(2)13(3)10-17(16)25-19/h5-10H,4,11H2,1-3H3,(H2,21,23,24,26). The lowest BCUT2D eigenvalue weighted by molar-refractivity contribution is -0.119. The molecule has 0 aliphatic carbocycles. The summed E-state index contributed by atoms with van der Waals surface area (Å²) in [6, 6.07) is 11.9. The number of benzene rings is 2. The van der Waals surface area contributed by atoms with Crippen LogP contribution in [0.2, 0.25) is 0 Å². The molecule has 0 saturated carbocycles. The average molecular weight is 367 g/mol. The number of hydrogen-bond acceptors (Lipinski definition) is 4. The van der Waals surface area contributed by atoms with Crippen LogP contribution in [0.3, 0.4) is 0 Å². The van der Waals surface area contributed by atoms with Gasteiger partial charge >= 0.3 is 0 Å². The van der Waals surface area contributed by atoms with Gasteiger partial charge in [0.1, 0.15) is 5.52 Å². The van der Waals surface area contributed by atoms with Crippen molar-refractivity contribution in [1.29, 1.82) is 0 Å². The summed E-state index contributed by atoms with van der Waals surface area (Å²) in [5.41, 5.74) is 6.01. The molecule has 0 saturated heterocycles. The first kappa shape index (κ1) is 18.1. The van der Waals surface area contributed by atoms with Crippen molar-refractivity contribution in [3.8, 4) is 0 Å². The van der Waals surface area contributed by atoms with Gasteiger partial charge in [-0.1, -0.05) is 19.1 Å². The molecule has 5 nitrogen and oxygen atoms in total. The predicted octanol–water partition coefficient (Wildman–Crippen LogP) is 4.26. The molecule has 3 aromatic rings. The lowest BCUT2D eigenvalue weighted by atomic mass is 10.1. The number of nitrogens with one attached hydrogen (secondary N) is 2.